The van der Waals surface area contributed by atoms with Crippen LogP contribution in [0.15, 0.2) is 0 Å². The predicted octanol–water partition coefficient (Wildman–Crippen LogP) is -0.286. The van der Waals surface area contributed by atoms with Gasteiger partial charge in [-0.1, -0.05) is 6.42 Å². The highest BCUT2D eigenvalue weighted by Crippen LogP contribution is 2.40. The van der Waals surface area contributed by atoms with Crippen LogP contribution < -0.4 is 10.6 Å². The fourth-order valence-electron chi connectivity index (χ4n) is 1.61. The molecule has 0 bridgehead atoms. The SMILES string of the molecule is COC(=O)CNC(=O)NCC1(C(=O)O)CCC1. The Balaban J connectivity index is 2.28. The molecule has 1 rings (SSSR count). The highest BCUT2D eigenvalue weighted by Gasteiger charge is 2.44. The van der Waals surface area contributed by atoms with Crippen molar-refractivity contribution in [1.29, 1.82) is 0 Å². The van der Waals surface area contributed by atoms with Gasteiger partial charge in [-0.05, 0) is 12.8 Å². The molecule has 1 fully saturated rings. The van der Waals surface area contributed by atoms with Crippen LogP contribution in [0.25, 0.3) is 0 Å². The fraction of sp³-hybridized carbons (Fsp3) is 0.700. The molecular formula is C10H16N2O5. The van der Waals surface area contributed by atoms with Gasteiger partial charge in [0.05, 0.1) is 12.5 Å². The number of ether oxygens (including phenoxy) is 1. The second kappa shape index (κ2) is 5.51. The van der Waals surface area contributed by atoms with Gasteiger partial charge in [0.2, 0.25) is 0 Å². The van der Waals surface area contributed by atoms with Crippen LogP contribution in [0, 0.1) is 5.41 Å². The molecule has 0 atom stereocenters. The molecule has 0 saturated heterocycles. The van der Waals surface area contributed by atoms with E-state index in [0.717, 1.165) is 6.42 Å². The number of urea groups is 1. The number of aliphatic carboxylic acids is 1. The van der Waals surface area contributed by atoms with E-state index < -0.39 is 23.4 Å². The maximum absolute atomic E-state index is 11.2. The maximum atomic E-state index is 11.2. The molecule has 0 unspecified atom stereocenters. The van der Waals surface area contributed by atoms with Crippen molar-refractivity contribution in [2.75, 3.05) is 20.2 Å². The third-order valence-electron chi connectivity index (χ3n) is 2.97. The number of carbonyl (C=O) groups excluding carboxylic acids is 2. The Labute approximate surface area is 98.5 Å². The second-order valence-electron chi connectivity index (χ2n) is 4.05. The van der Waals surface area contributed by atoms with Crippen LogP contribution in [-0.4, -0.2) is 43.3 Å². The molecule has 0 aromatic heterocycles. The first-order chi connectivity index (χ1) is 8.00. The lowest BCUT2D eigenvalue weighted by Gasteiger charge is -2.37. The van der Waals surface area contributed by atoms with Gasteiger partial charge in [0.25, 0.3) is 0 Å². The Kier molecular flexibility index (Phi) is 4.30. The van der Waals surface area contributed by atoms with Crippen LogP contribution in [0.4, 0.5) is 4.79 Å². The average Bonchev–Trinajstić information content (AvgIpc) is 2.23. The predicted molar refractivity (Wildman–Crippen MR) is 57.3 cm³/mol. The molecule has 17 heavy (non-hydrogen) atoms. The quantitative estimate of drug-likeness (QED) is 0.576. The van der Waals surface area contributed by atoms with E-state index in [0.29, 0.717) is 12.8 Å². The van der Waals surface area contributed by atoms with Gasteiger partial charge in [-0.15, -0.1) is 0 Å². The van der Waals surface area contributed by atoms with Crippen molar-refractivity contribution in [3.63, 3.8) is 0 Å². The third kappa shape index (κ3) is 3.33. The number of methoxy groups -OCH3 is 1. The minimum absolute atomic E-state index is 0.0787. The fourth-order valence-corrected chi connectivity index (χ4v) is 1.61. The van der Waals surface area contributed by atoms with Crippen molar-refractivity contribution < 1.29 is 24.2 Å². The first kappa shape index (κ1) is 13.3. The van der Waals surface area contributed by atoms with Gasteiger partial charge in [-0.2, -0.15) is 0 Å². The summed E-state index contributed by atoms with van der Waals surface area (Å²) < 4.78 is 4.34. The highest BCUT2D eigenvalue weighted by molar-refractivity contribution is 5.82. The van der Waals surface area contributed by atoms with Crippen LogP contribution in [0.5, 0.6) is 0 Å². The van der Waals surface area contributed by atoms with Crippen molar-refractivity contribution in [3.8, 4) is 0 Å². The molecule has 96 valence electrons. The summed E-state index contributed by atoms with van der Waals surface area (Å²) in [5, 5.41) is 13.7. The smallest absolute Gasteiger partial charge is 0.325 e. The van der Waals surface area contributed by atoms with Crippen LogP contribution in [-0.2, 0) is 14.3 Å². The van der Waals surface area contributed by atoms with E-state index in [4.69, 9.17) is 5.11 Å². The van der Waals surface area contributed by atoms with E-state index in [1.54, 1.807) is 0 Å². The summed E-state index contributed by atoms with van der Waals surface area (Å²) in [5.41, 5.74) is -0.831. The van der Waals surface area contributed by atoms with E-state index >= 15 is 0 Å². The Morgan fingerprint density at radius 3 is 2.35 bits per heavy atom. The second-order valence-corrected chi connectivity index (χ2v) is 4.05. The number of carboxylic acids is 1. The molecule has 1 aliphatic rings. The molecule has 1 saturated carbocycles. The number of hydrogen-bond donors (Lipinski definition) is 3. The molecule has 2 amide bonds. The van der Waals surface area contributed by atoms with Crippen molar-refractivity contribution in [2.24, 2.45) is 5.41 Å². The number of rotatable bonds is 5. The molecule has 0 aromatic rings. The van der Waals surface area contributed by atoms with E-state index in [2.05, 4.69) is 15.4 Å². The number of carbonyl (C=O) groups is 3. The zero-order valence-electron chi connectivity index (χ0n) is 9.62. The largest absolute Gasteiger partial charge is 0.481 e. The summed E-state index contributed by atoms with van der Waals surface area (Å²) in [6.07, 6.45) is 2.00. The Bertz CT molecular complexity index is 325. The molecule has 0 radical (unpaired) electrons. The first-order valence-corrected chi connectivity index (χ1v) is 5.32. The summed E-state index contributed by atoms with van der Waals surface area (Å²) in [6.45, 7) is -0.155. The zero-order valence-corrected chi connectivity index (χ0v) is 9.62. The Morgan fingerprint density at radius 1 is 1.29 bits per heavy atom. The number of hydrogen-bond acceptors (Lipinski definition) is 4. The first-order valence-electron chi connectivity index (χ1n) is 5.32. The minimum Gasteiger partial charge on any atom is -0.481 e. The molecular weight excluding hydrogens is 228 g/mol. The van der Waals surface area contributed by atoms with Gasteiger partial charge >= 0.3 is 18.0 Å². The van der Waals surface area contributed by atoms with Gasteiger partial charge in [0, 0.05) is 6.54 Å². The van der Waals surface area contributed by atoms with E-state index in [-0.39, 0.29) is 13.1 Å². The molecule has 1 aliphatic carbocycles. The molecule has 0 spiro atoms. The maximum Gasteiger partial charge on any atom is 0.325 e. The van der Waals surface area contributed by atoms with Gasteiger partial charge in [-0.3, -0.25) is 9.59 Å². The van der Waals surface area contributed by atoms with E-state index in [1.165, 1.54) is 7.11 Å². The molecule has 3 N–H and O–H groups in total. The Hall–Kier alpha value is -1.79. The third-order valence-corrected chi connectivity index (χ3v) is 2.97. The lowest BCUT2D eigenvalue weighted by molar-refractivity contribution is -0.153. The Morgan fingerprint density at radius 2 is 1.94 bits per heavy atom. The van der Waals surface area contributed by atoms with Crippen LogP contribution in [0.2, 0.25) is 0 Å². The summed E-state index contributed by atoms with van der Waals surface area (Å²) >= 11 is 0. The number of nitrogens with one attached hydrogen (secondary N) is 2. The number of amides is 2. The molecule has 0 heterocycles. The van der Waals surface area contributed by atoms with Gasteiger partial charge in [-0.25, -0.2) is 4.79 Å². The minimum atomic E-state index is -0.892. The number of esters is 1. The summed E-state index contributed by atoms with van der Waals surface area (Å²) in [7, 11) is 1.22. The molecule has 0 aliphatic heterocycles. The highest BCUT2D eigenvalue weighted by atomic mass is 16.5. The number of carboxylic acid groups (broad SMARTS) is 1. The summed E-state index contributed by atoms with van der Waals surface area (Å²) in [6, 6.07) is -0.567. The molecule has 7 heteroatoms. The van der Waals surface area contributed by atoms with Gasteiger partial charge in [0.1, 0.15) is 6.54 Å². The normalized spacial score (nSPS) is 16.5. The van der Waals surface area contributed by atoms with Crippen LogP contribution in [0.3, 0.4) is 0 Å². The lowest BCUT2D eigenvalue weighted by atomic mass is 9.69. The zero-order chi connectivity index (χ0) is 12.9. The molecule has 0 aromatic carbocycles. The van der Waals surface area contributed by atoms with Gasteiger partial charge in [0.15, 0.2) is 0 Å². The van der Waals surface area contributed by atoms with Gasteiger partial charge < -0.3 is 20.5 Å². The van der Waals surface area contributed by atoms with E-state index in [1.807, 2.05) is 0 Å². The van der Waals surface area contributed by atoms with Crippen LogP contribution >= 0.6 is 0 Å². The summed E-state index contributed by atoms with van der Waals surface area (Å²) in [4.78, 5) is 33.0. The van der Waals surface area contributed by atoms with Crippen molar-refractivity contribution in [2.45, 2.75) is 19.3 Å². The lowest BCUT2D eigenvalue weighted by Crippen LogP contribution is -2.50. The van der Waals surface area contributed by atoms with Crippen molar-refractivity contribution >= 4 is 18.0 Å². The van der Waals surface area contributed by atoms with Crippen molar-refractivity contribution in [1.82, 2.24) is 10.6 Å². The average molecular weight is 244 g/mol. The monoisotopic (exact) mass is 244 g/mol. The summed E-state index contributed by atoms with van der Waals surface area (Å²) in [5.74, 6) is -1.45. The van der Waals surface area contributed by atoms with Crippen LogP contribution in [0.1, 0.15) is 19.3 Å². The standard InChI is InChI=1S/C10H16N2O5/c1-17-7(13)5-11-9(16)12-6-10(8(14)15)3-2-4-10/h2-6H2,1H3,(H,14,15)(H2,11,12,16). The topological polar surface area (TPSA) is 105 Å². The molecule has 7 nitrogen and oxygen atoms in total. The van der Waals surface area contributed by atoms with Crippen molar-refractivity contribution in [3.05, 3.63) is 0 Å². The van der Waals surface area contributed by atoms with E-state index in [9.17, 15) is 14.4 Å².